The average Bonchev–Trinajstić information content (AvgIpc) is 2.62. The Balaban J connectivity index is 2.91. The van der Waals surface area contributed by atoms with Gasteiger partial charge < -0.3 is 4.57 Å². The van der Waals surface area contributed by atoms with Crippen molar-refractivity contribution in [2.24, 2.45) is 5.92 Å². The highest BCUT2D eigenvalue weighted by molar-refractivity contribution is 7.18. The molecule has 0 saturated heterocycles. The predicted molar refractivity (Wildman–Crippen MR) is 84.5 cm³/mol. The van der Waals surface area contributed by atoms with E-state index in [9.17, 15) is 4.79 Å². The third kappa shape index (κ3) is 2.25. The van der Waals surface area contributed by atoms with Gasteiger partial charge in [-0.05, 0) is 45.6 Å². The van der Waals surface area contributed by atoms with Crippen LogP contribution in [-0.4, -0.2) is 4.57 Å². The molecule has 19 heavy (non-hydrogen) atoms. The van der Waals surface area contributed by atoms with Crippen molar-refractivity contribution in [2.75, 3.05) is 0 Å². The highest BCUT2D eigenvalue weighted by atomic mass is 32.1. The zero-order chi connectivity index (χ0) is 14.3. The number of aryl methyl sites for hydroxylation is 3. The summed E-state index contributed by atoms with van der Waals surface area (Å²) in [5.41, 5.74) is 3.57. The molecule has 0 spiro atoms. The van der Waals surface area contributed by atoms with Crippen LogP contribution in [-0.2, 0) is 13.0 Å². The second-order valence-corrected chi connectivity index (χ2v) is 6.90. The van der Waals surface area contributed by atoms with Crippen molar-refractivity contribution in [3.8, 4) is 0 Å². The van der Waals surface area contributed by atoms with Crippen LogP contribution < -0.4 is 5.43 Å². The Morgan fingerprint density at radius 1 is 1.21 bits per heavy atom. The van der Waals surface area contributed by atoms with E-state index in [-0.39, 0.29) is 5.43 Å². The molecule has 0 unspecified atom stereocenters. The van der Waals surface area contributed by atoms with Gasteiger partial charge in [-0.2, -0.15) is 0 Å². The van der Waals surface area contributed by atoms with Gasteiger partial charge in [-0.15, -0.1) is 11.3 Å². The number of aromatic nitrogens is 1. The van der Waals surface area contributed by atoms with E-state index in [1.165, 1.54) is 4.88 Å². The molecule has 2 rings (SSSR count). The quantitative estimate of drug-likeness (QED) is 0.824. The fourth-order valence-corrected chi connectivity index (χ4v) is 4.00. The third-order valence-electron chi connectivity index (χ3n) is 3.88. The van der Waals surface area contributed by atoms with E-state index < -0.39 is 0 Å². The van der Waals surface area contributed by atoms with E-state index in [0.29, 0.717) is 5.92 Å². The lowest BCUT2D eigenvalue weighted by atomic mass is 9.99. The molecule has 3 heteroatoms. The molecule has 2 nitrogen and oxygen atoms in total. The number of pyridine rings is 1. The molecule has 2 aromatic heterocycles. The minimum absolute atomic E-state index is 0.257. The van der Waals surface area contributed by atoms with Gasteiger partial charge >= 0.3 is 0 Å². The first kappa shape index (κ1) is 14.3. The predicted octanol–water partition coefficient (Wildman–Crippen LogP) is 4.21. The largest absolute Gasteiger partial charge is 0.337 e. The Hall–Kier alpha value is -1.09. The van der Waals surface area contributed by atoms with Crippen LogP contribution in [0.3, 0.4) is 0 Å². The zero-order valence-electron chi connectivity index (χ0n) is 12.8. The maximum atomic E-state index is 12.8. The van der Waals surface area contributed by atoms with Gasteiger partial charge in [0.1, 0.15) is 4.83 Å². The van der Waals surface area contributed by atoms with E-state index in [2.05, 4.69) is 46.1 Å². The summed E-state index contributed by atoms with van der Waals surface area (Å²) >= 11 is 1.75. The van der Waals surface area contributed by atoms with Gasteiger partial charge in [0.25, 0.3) is 0 Å². The van der Waals surface area contributed by atoms with Crippen molar-refractivity contribution in [2.45, 2.75) is 54.5 Å². The molecule has 0 N–H and O–H groups in total. The van der Waals surface area contributed by atoms with Crippen LogP contribution in [0.5, 0.6) is 0 Å². The average molecular weight is 277 g/mol. The number of thiophene rings is 1. The maximum absolute atomic E-state index is 12.8. The first-order valence-corrected chi connectivity index (χ1v) is 7.82. The molecule has 0 aliphatic carbocycles. The number of hydrogen-bond acceptors (Lipinski definition) is 2. The normalized spacial score (nSPS) is 11.7. The van der Waals surface area contributed by atoms with Gasteiger partial charge in [0.05, 0.1) is 5.39 Å². The SMILES string of the molecule is CCn1c(C)c(CC(C)C)c(=O)c2c(C)c(C)sc21. The summed E-state index contributed by atoms with van der Waals surface area (Å²) in [4.78, 5) is 15.2. The molecular weight excluding hydrogens is 254 g/mol. The lowest BCUT2D eigenvalue weighted by Gasteiger charge is -2.16. The molecule has 0 bridgehead atoms. The van der Waals surface area contributed by atoms with Crippen LogP contribution in [0.2, 0.25) is 0 Å². The van der Waals surface area contributed by atoms with Crippen molar-refractivity contribution >= 4 is 21.6 Å². The highest BCUT2D eigenvalue weighted by Crippen LogP contribution is 2.30. The highest BCUT2D eigenvalue weighted by Gasteiger charge is 2.18. The van der Waals surface area contributed by atoms with Gasteiger partial charge in [-0.25, -0.2) is 0 Å². The van der Waals surface area contributed by atoms with Crippen molar-refractivity contribution in [1.29, 1.82) is 0 Å². The van der Waals surface area contributed by atoms with Crippen molar-refractivity contribution in [3.63, 3.8) is 0 Å². The summed E-state index contributed by atoms with van der Waals surface area (Å²) in [6, 6.07) is 0. The lowest BCUT2D eigenvalue weighted by molar-refractivity contribution is 0.631. The lowest BCUT2D eigenvalue weighted by Crippen LogP contribution is -2.19. The van der Waals surface area contributed by atoms with Gasteiger partial charge in [-0.1, -0.05) is 13.8 Å². The Morgan fingerprint density at radius 2 is 1.84 bits per heavy atom. The minimum atomic E-state index is 0.257. The van der Waals surface area contributed by atoms with E-state index in [0.717, 1.165) is 40.0 Å². The Morgan fingerprint density at radius 3 is 2.37 bits per heavy atom. The molecule has 0 amide bonds. The van der Waals surface area contributed by atoms with E-state index in [1.54, 1.807) is 11.3 Å². The Labute approximate surface area is 119 Å². The maximum Gasteiger partial charge on any atom is 0.194 e. The van der Waals surface area contributed by atoms with Crippen molar-refractivity contribution < 1.29 is 0 Å². The summed E-state index contributed by atoms with van der Waals surface area (Å²) in [5.74, 6) is 0.509. The van der Waals surface area contributed by atoms with Crippen molar-refractivity contribution in [1.82, 2.24) is 4.57 Å². The number of fused-ring (bicyclic) bond motifs is 1. The van der Waals surface area contributed by atoms with Crippen LogP contribution in [0.4, 0.5) is 0 Å². The Bertz CT molecular complexity index is 676. The standard InChI is InChI=1S/C16H23NOS/c1-7-17-11(5)13(8-9(2)3)15(18)14-10(4)12(6)19-16(14)17/h9H,7-8H2,1-6H3. The second-order valence-electron chi connectivity index (χ2n) is 5.70. The topological polar surface area (TPSA) is 22.0 Å². The summed E-state index contributed by atoms with van der Waals surface area (Å²) in [7, 11) is 0. The molecule has 0 fully saturated rings. The summed E-state index contributed by atoms with van der Waals surface area (Å²) in [6.45, 7) is 13.7. The van der Waals surface area contributed by atoms with Gasteiger partial charge in [-0.3, -0.25) is 4.79 Å². The number of nitrogens with zero attached hydrogens (tertiary/aromatic N) is 1. The molecule has 0 radical (unpaired) electrons. The van der Waals surface area contributed by atoms with Gasteiger partial charge in [0.15, 0.2) is 5.43 Å². The molecule has 0 aliphatic rings. The molecule has 2 aromatic rings. The van der Waals surface area contributed by atoms with Crippen LogP contribution >= 0.6 is 11.3 Å². The molecule has 0 aliphatic heterocycles. The van der Waals surface area contributed by atoms with Crippen molar-refractivity contribution in [3.05, 3.63) is 31.9 Å². The van der Waals surface area contributed by atoms with Gasteiger partial charge in [0, 0.05) is 22.7 Å². The molecule has 104 valence electrons. The molecule has 0 atom stereocenters. The number of rotatable bonds is 3. The first-order chi connectivity index (χ1) is 8.88. The van der Waals surface area contributed by atoms with E-state index in [1.807, 2.05) is 0 Å². The second kappa shape index (κ2) is 5.12. The smallest absolute Gasteiger partial charge is 0.194 e. The molecule has 0 aromatic carbocycles. The number of hydrogen-bond donors (Lipinski definition) is 0. The van der Waals surface area contributed by atoms with Crippen LogP contribution in [0.15, 0.2) is 4.79 Å². The molecule has 0 saturated carbocycles. The monoisotopic (exact) mass is 277 g/mol. The Kier molecular flexibility index (Phi) is 3.86. The van der Waals surface area contributed by atoms with Crippen LogP contribution in [0, 0.1) is 26.7 Å². The fourth-order valence-electron chi connectivity index (χ4n) is 2.73. The van der Waals surface area contributed by atoms with Gasteiger partial charge in [0.2, 0.25) is 0 Å². The van der Waals surface area contributed by atoms with Crippen LogP contribution in [0.1, 0.15) is 42.5 Å². The first-order valence-electron chi connectivity index (χ1n) is 7.00. The third-order valence-corrected chi connectivity index (χ3v) is 5.11. The van der Waals surface area contributed by atoms with E-state index >= 15 is 0 Å². The fraction of sp³-hybridized carbons (Fsp3) is 0.562. The summed E-state index contributed by atoms with van der Waals surface area (Å²) in [5, 5.41) is 0.950. The summed E-state index contributed by atoms with van der Waals surface area (Å²) in [6.07, 6.45) is 0.870. The minimum Gasteiger partial charge on any atom is -0.337 e. The molecular formula is C16H23NOS. The summed E-state index contributed by atoms with van der Waals surface area (Å²) < 4.78 is 2.30. The van der Waals surface area contributed by atoms with E-state index in [4.69, 9.17) is 0 Å². The van der Waals surface area contributed by atoms with Crippen LogP contribution in [0.25, 0.3) is 10.2 Å². The molecule has 2 heterocycles. The zero-order valence-corrected chi connectivity index (χ0v) is 13.6.